The molecule has 0 spiro atoms. The first-order chi connectivity index (χ1) is 20.5. The lowest BCUT2D eigenvalue weighted by molar-refractivity contribution is -0.122. The summed E-state index contributed by atoms with van der Waals surface area (Å²) in [7, 11) is -4.39. The van der Waals surface area contributed by atoms with Crippen LogP contribution in [-0.2, 0) is 26.3 Å². The summed E-state index contributed by atoms with van der Waals surface area (Å²) in [5.74, 6) is -0.240. The fraction of sp³-hybridized carbons (Fsp3) is 0.286. The maximum absolute atomic E-state index is 12.5. The van der Waals surface area contributed by atoms with Crippen LogP contribution in [0, 0.1) is 5.92 Å². The van der Waals surface area contributed by atoms with Crippen molar-refractivity contribution >= 4 is 45.5 Å². The van der Waals surface area contributed by atoms with Crippen molar-refractivity contribution in [3.05, 3.63) is 78.0 Å². The molecule has 0 radical (unpaired) electrons. The number of pyridine rings is 1. The number of nitrogens with zero attached hydrogens (tertiary/aromatic N) is 4. The lowest BCUT2D eigenvalue weighted by atomic mass is 10.0. The number of amides is 3. The number of aromatic nitrogens is 1. The maximum Gasteiger partial charge on any atom is 0.294 e. The van der Waals surface area contributed by atoms with Crippen LogP contribution >= 0.6 is 0 Å². The van der Waals surface area contributed by atoms with Gasteiger partial charge in [-0.15, -0.1) is 5.11 Å². The van der Waals surface area contributed by atoms with E-state index in [1.54, 1.807) is 30.3 Å². The number of hydrogen-bond donors (Lipinski definition) is 5. The Labute approximate surface area is 249 Å². The summed E-state index contributed by atoms with van der Waals surface area (Å²) in [4.78, 5) is 41.5. The normalized spacial score (nSPS) is 12.1. The second-order valence-electron chi connectivity index (χ2n) is 9.84. The summed E-state index contributed by atoms with van der Waals surface area (Å²) < 4.78 is 32.3. The Kier molecular flexibility index (Phi) is 11.8. The minimum atomic E-state index is -4.39. The molecule has 0 saturated carbocycles. The van der Waals surface area contributed by atoms with E-state index < -0.39 is 22.1 Å². The van der Waals surface area contributed by atoms with E-state index in [1.165, 1.54) is 41.4 Å². The fourth-order valence-corrected chi connectivity index (χ4v) is 4.58. The standard InChI is InChI=1S/C28H34N8O6S/c1-19(2)15-24(29)28(39)35-33-22-8-10-23(11-9-22)36(18-37)14-13-30-27(38)21-7-12-26(31-16-21)34-32-17-20-5-3-4-6-25(20)43(40,41)42/h3-12,16,18-19,24,33H,13-15,17,29H2,1-2H3,(H,30,38)(H,35,39)(H,40,41,42)/t24-/m0/s1. The van der Waals surface area contributed by atoms with Gasteiger partial charge in [0, 0.05) is 25.0 Å². The Hall–Kier alpha value is -4.73. The average molecular weight is 611 g/mol. The van der Waals surface area contributed by atoms with E-state index in [-0.39, 0.29) is 47.4 Å². The van der Waals surface area contributed by atoms with Crippen molar-refractivity contribution in [3.8, 4) is 0 Å². The molecule has 6 N–H and O–H groups in total. The lowest BCUT2D eigenvalue weighted by Gasteiger charge is -2.19. The highest BCUT2D eigenvalue weighted by atomic mass is 32.2. The van der Waals surface area contributed by atoms with Crippen LogP contribution in [0.1, 0.15) is 36.2 Å². The van der Waals surface area contributed by atoms with Gasteiger partial charge in [-0.2, -0.15) is 13.5 Å². The van der Waals surface area contributed by atoms with E-state index in [0.717, 1.165) is 0 Å². The molecule has 3 amide bonds. The van der Waals surface area contributed by atoms with E-state index in [0.29, 0.717) is 30.1 Å². The molecule has 43 heavy (non-hydrogen) atoms. The van der Waals surface area contributed by atoms with Gasteiger partial charge in [0.25, 0.3) is 21.9 Å². The Bertz CT molecular complexity index is 1530. The molecular formula is C28H34N8O6S. The van der Waals surface area contributed by atoms with Gasteiger partial charge in [0.05, 0.1) is 28.7 Å². The number of hydrazine groups is 1. The molecule has 1 aromatic heterocycles. The number of azo groups is 1. The van der Waals surface area contributed by atoms with Gasteiger partial charge in [0.1, 0.15) is 0 Å². The average Bonchev–Trinajstić information content (AvgIpc) is 2.98. The van der Waals surface area contributed by atoms with Crippen LogP contribution in [0.15, 0.2) is 82.0 Å². The Morgan fingerprint density at radius 1 is 1.09 bits per heavy atom. The first-order valence-corrected chi connectivity index (χ1v) is 14.7. The largest absolute Gasteiger partial charge is 0.350 e. The van der Waals surface area contributed by atoms with E-state index in [2.05, 4.69) is 31.4 Å². The molecule has 228 valence electrons. The predicted octanol–water partition coefficient (Wildman–Crippen LogP) is 2.82. The van der Waals surface area contributed by atoms with Crippen molar-refractivity contribution in [2.45, 2.75) is 37.8 Å². The van der Waals surface area contributed by atoms with Crippen molar-refractivity contribution in [2.24, 2.45) is 21.9 Å². The Morgan fingerprint density at radius 3 is 2.44 bits per heavy atom. The number of nitrogens with two attached hydrogens (primary N) is 1. The molecule has 1 heterocycles. The molecule has 2 aromatic carbocycles. The third kappa shape index (κ3) is 10.2. The van der Waals surface area contributed by atoms with Crippen LogP contribution in [0.4, 0.5) is 17.2 Å². The highest BCUT2D eigenvalue weighted by molar-refractivity contribution is 7.85. The summed E-state index contributed by atoms with van der Waals surface area (Å²) in [6, 6.07) is 15.0. The van der Waals surface area contributed by atoms with Gasteiger partial charge in [0.15, 0.2) is 5.82 Å². The summed E-state index contributed by atoms with van der Waals surface area (Å²) in [6.45, 7) is 4.23. The highest BCUT2D eigenvalue weighted by Gasteiger charge is 2.15. The molecule has 3 rings (SSSR count). The first kappa shape index (κ1) is 32.8. The minimum Gasteiger partial charge on any atom is -0.350 e. The number of carbonyl (C=O) groups is 3. The van der Waals surface area contributed by atoms with Crippen LogP contribution in [0.5, 0.6) is 0 Å². The second-order valence-corrected chi connectivity index (χ2v) is 11.2. The molecule has 14 nitrogen and oxygen atoms in total. The van der Waals surface area contributed by atoms with Crippen LogP contribution < -0.4 is 26.8 Å². The van der Waals surface area contributed by atoms with Crippen molar-refractivity contribution in [2.75, 3.05) is 23.4 Å². The monoisotopic (exact) mass is 610 g/mol. The topological polar surface area (TPSA) is 209 Å². The number of carbonyl (C=O) groups excluding carboxylic acids is 3. The molecule has 0 fully saturated rings. The van der Waals surface area contributed by atoms with Gasteiger partial charge >= 0.3 is 0 Å². The third-order valence-electron chi connectivity index (χ3n) is 6.03. The van der Waals surface area contributed by atoms with E-state index in [1.807, 2.05) is 13.8 Å². The number of benzene rings is 2. The quantitative estimate of drug-likeness (QED) is 0.0740. The predicted molar refractivity (Wildman–Crippen MR) is 160 cm³/mol. The number of rotatable bonds is 15. The molecule has 3 aromatic rings. The zero-order valence-electron chi connectivity index (χ0n) is 23.7. The van der Waals surface area contributed by atoms with E-state index in [4.69, 9.17) is 5.73 Å². The SMILES string of the molecule is CC(C)C[C@H](N)C(=O)NNc1ccc(N(C=O)CCNC(=O)c2ccc(N=NCc3ccccc3S(=O)(=O)O)nc2)cc1. The van der Waals surface area contributed by atoms with Gasteiger partial charge in [-0.1, -0.05) is 32.0 Å². The van der Waals surface area contributed by atoms with Crippen molar-refractivity contribution in [1.82, 2.24) is 15.7 Å². The van der Waals surface area contributed by atoms with Gasteiger partial charge in [-0.3, -0.25) is 29.8 Å². The third-order valence-corrected chi connectivity index (χ3v) is 6.99. The molecule has 0 unspecified atom stereocenters. The zero-order chi connectivity index (χ0) is 31.4. The van der Waals surface area contributed by atoms with Crippen LogP contribution in [0.25, 0.3) is 0 Å². The Balaban J connectivity index is 1.47. The van der Waals surface area contributed by atoms with Crippen molar-refractivity contribution in [3.63, 3.8) is 0 Å². The van der Waals surface area contributed by atoms with Gasteiger partial charge < -0.3 is 16.0 Å². The highest BCUT2D eigenvalue weighted by Crippen LogP contribution is 2.18. The number of hydrogen-bond acceptors (Lipinski definition) is 10. The van der Waals surface area contributed by atoms with Crippen LogP contribution in [-0.4, -0.2) is 55.3 Å². The van der Waals surface area contributed by atoms with Crippen molar-refractivity contribution in [1.29, 1.82) is 0 Å². The molecule has 0 aliphatic carbocycles. The van der Waals surface area contributed by atoms with Gasteiger partial charge in [0.2, 0.25) is 6.41 Å². The summed E-state index contributed by atoms with van der Waals surface area (Å²) in [5, 5.41) is 10.6. The van der Waals surface area contributed by atoms with E-state index in [9.17, 15) is 27.4 Å². The Morgan fingerprint density at radius 2 is 1.81 bits per heavy atom. The number of nitrogens with one attached hydrogen (secondary N) is 3. The molecule has 1 atom stereocenters. The first-order valence-electron chi connectivity index (χ1n) is 13.3. The second kappa shape index (κ2) is 15.5. The molecule has 0 aliphatic heterocycles. The van der Waals surface area contributed by atoms with Crippen molar-refractivity contribution < 1.29 is 27.4 Å². The molecule has 0 aliphatic rings. The maximum atomic E-state index is 12.5. The summed E-state index contributed by atoms with van der Waals surface area (Å²) in [5.41, 5.74) is 13.0. The lowest BCUT2D eigenvalue weighted by Crippen LogP contribution is -2.43. The fourth-order valence-electron chi connectivity index (χ4n) is 3.86. The number of anilines is 2. The molecule has 0 saturated heterocycles. The van der Waals surface area contributed by atoms with E-state index >= 15 is 0 Å². The smallest absolute Gasteiger partial charge is 0.294 e. The van der Waals surface area contributed by atoms with Crippen LogP contribution in [0.2, 0.25) is 0 Å². The summed E-state index contributed by atoms with van der Waals surface area (Å²) >= 11 is 0. The zero-order valence-corrected chi connectivity index (χ0v) is 24.5. The molecule has 15 heteroatoms. The van der Waals surface area contributed by atoms with Gasteiger partial charge in [-0.25, -0.2) is 4.98 Å². The molecular weight excluding hydrogens is 576 g/mol. The van der Waals surface area contributed by atoms with Gasteiger partial charge in [-0.05, 0) is 60.4 Å². The summed E-state index contributed by atoms with van der Waals surface area (Å²) in [6.07, 6.45) is 2.52. The molecule has 0 bridgehead atoms. The minimum absolute atomic E-state index is 0.101. The van der Waals surface area contributed by atoms with Crippen LogP contribution in [0.3, 0.4) is 0 Å².